The van der Waals surface area contributed by atoms with Crippen LogP contribution >= 0.6 is 11.6 Å². The van der Waals surface area contributed by atoms with Crippen molar-refractivity contribution in [1.29, 1.82) is 0 Å². The van der Waals surface area contributed by atoms with Gasteiger partial charge in [0.25, 0.3) is 5.91 Å². The molecule has 3 rings (SSSR count). The van der Waals surface area contributed by atoms with Crippen molar-refractivity contribution >= 4 is 17.5 Å². The number of benzene rings is 2. The number of carbonyl (C=O) groups is 1. The number of halogens is 1. The monoisotopic (exact) mass is 425 g/mol. The Hall–Kier alpha value is -2.73. The largest absolute Gasteiger partial charge is 0.347 e. The molecule has 1 amide bonds. The van der Waals surface area contributed by atoms with E-state index in [1.165, 1.54) is 0 Å². The van der Waals surface area contributed by atoms with Gasteiger partial charge in [0.2, 0.25) is 0 Å². The molecule has 0 spiro atoms. The highest BCUT2D eigenvalue weighted by Crippen LogP contribution is 2.28. The van der Waals surface area contributed by atoms with Gasteiger partial charge in [-0.15, -0.1) is 5.10 Å². The summed E-state index contributed by atoms with van der Waals surface area (Å²) in [6, 6.07) is 13.2. The third-order valence-corrected chi connectivity index (χ3v) is 5.33. The third-order valence-electron chi connectivity index (χ3n) is 5.08. The maximum Gasteiger partial charge on any atom is 0.251 e. The lowest BCUT2D eigenvalue weighted by Gasteiger charge is -2.25. The molecule has 30 heavy (non-hydrogen) atoms. The van der Waals surface area contributed by atoms with Crippen molar-refractivity contribution in [2.45, 2.75) is 58.9 Å². The molecule has 0 bridgehead atoms. The Morgan fingerprint density at radius 3 is 2.30 bits per heavy atom. The Morgan fingerprint density at radius 1 is 1.03 bits per heavy atom. The summed E-state index contributed by atoms with van der Waals surface area (Å²) in [6.07, 6.45) is 0.823. The van der Waals surface area contributed by atoms with Gasteiger partial charge in [-0.2, -0.15) is 4.68 Å². The maximum atomic E-state index is 13.1. The smallest absolute Gasteiger partial charge is 0.251 e. The number of carbonyl (C=O) groups excluding carboxylic acids is 1. The third kappa shape index (κ3) is 4.87. The molecule has 1 aromatic heterocycles. The number of nitrogens with one attached hydrogen (secondary N) is 1. The molecule has 0 saturated heterocycles. The molecule has 0 saturated carbocycles. The molecule has 3 aromatic rings. The minimum absolute atomic E-state index is 0.135. The fourth-order valence-corrected chi connectivity index (χ4v) is 3.10. The van der Waals surface area contributed by atoms with Gasteiger partial charge < -0.3 is 5.32 Å². The first-order valence-electron chi connectivity index (χ1n) is 10.0. The van der Waals surface area contributed by atoms with Gasteiger partial charge in [-0.3, -0.25) is 4.79 Å². The van der Waals surface area contributed by atoms with Crippen LogP contribution in [-0.4, -0.2) is 31.7 Å². The highest BCUT2D eigenvalue weighted by molar-refractivity contribution is 6.30. The van der Waals surface area contributed by atoms with Crippen LogP contribution in [0, 0.1) is 0 Å². The van der Waals surface area contributed by atoms with E-state index in [1.54, 1.807) is 4.68 Å². The van der Waals surface area contributed by atoms with Gasteiger partial charge in [-0.25, -0.2) is 0 Å². The molecule has 158 valence electrons. The molecule has 1 N–H and O–H groups in total. The lowest BCUT2D eigenvalue weighted by molar-refractivity contribution is 0.0911. The van der Waals surface area contributed by atoms with Crippen molar-refractivity contribution in [1.82, 2.24) is 25.5 Å². The molecular weight excluding hydrogens is 398 g/mol. The number of rotatable bonds is 5. The molecule has 1 heterocycles. The van der Waals surface area contributed by atoms with Crippen LogP contribution in [0.5, 0.6) is 0 Å². The van der Waals surface area contributed by atoms with Crippen molar-refractivity contribution in [2.24, 2.45) is 0 Å². The second-order valence-corrected chi connectivity index (χ2v) is 9.57. The fourth-order valence-electron chi connectivity index (χ4n) is 2.97. The lowest BCUT2D eigenvalue weighted by atomic mass is 9.95. The van der Waals surface area contributed by atoms with Crippen molar-refractivity contribution in [2.75, 3.05) is 0 Å². The van der Waals surface area contributed by atoms with Crippen LogP contribution in [0.25, 0.3) is 16.8 Å². The number of hydrogen-bond donors (Lipinski definition) is 1. The van der Waals surface area contributed by atoms with Gasteiger partial charge in [0.05, 0.1) is 5.69 Å². The van der Waals surface area contributed by atoms with Crippen LogP contribution in [0.15, 0.2) is 42.5 Å². The molecule has 0 aliphatic heterocycles. The predicted molar refractivity (Wildman–Crippen MR) is 120 cm³/mol. The summed E-state index contributed by atoms with van der Waals surface area (Å²) in [5.74, 6) is 0.584. The van der Waals surface area contributed by atoms with Gasteiger partial charge in [0.15, 0.2) is 5.82 Å². The summed E-state index contributed by atoms with van der Waals surface area (Å²) in [5, 5.41) is 16.0. The van der Waals surface area contributed by atoms with E-state index in [1.807, 2.05) is 63.2 Å². The SMILES string of the molecule is CCC(C)(C)NC(=O)c1cc(-c2ccc(Cl)cc2)cc(-n2nnnc2C(C)(C)C)c1. The molecule has 0 unspecified atom stereocenters. The number of hydrogen-bond acceptors (Lipinski definition) is 4. The number of aromatic nitrogens is 4. The zero-order chi connectivity index (χ0) is 22.1. The van der Waals surface area contributed by atoms with Crippen molar-refractivity contribution < 1.29 is 4.79 Å². The van der Waals surface area contributed by atoms with E-state index in [0.29, 0.717) is 10.6 Å². The standard InChI is InChI=1S/C23H28ClN5O/c1-7-23(5,6)25-20(30)17-12-16(15-8-10-18(24)11-9-15)13-19(14-17)29-21(22(2,3)4)26-27-28-29/h8-14H,7H2,1-6H3,(H,25,30). The van der Waals surface area contributed by atoms with Crippen LogP contribution in [0.2, 0.25) is 5.02 Å². The highest BCUT2D eigenvalue weighted by atomic mass is 35.5. The first-order chi connectivity index (χ1) is 14.0. The van der Waals surface area contributed by atoms with Crippen LogP contribution in [0.3, 0.4) is 0 Å². The van der Waals surface area contributed by atoms with Crippen LogP contribution in [0.4, 0.5) is 0 Å². The van der Waals surface area contributed by atoms with Crippen LogP contribution in [-0.2, 0) is 5.41 Å². The summed E-state index contributed by atoms with van der Waals surface area (Å²) in [5.41, 5.74) is 2.56. The molecule has 0 atom stereocenters. The van der Waals surface area contributed by atoms with E-state index >= 15 is 0 Å². The van der Waals surface area contributed by atoms with E-state index in [9.17, 15) is 4.79 Å². The second-order valence-electron chi connectivity index (χ2n) is 9.13. The molecular formula is C23H28ClN5O. The Balaban J connectivity index is 2.15. The zero-order valence-electron chi connectivity index (χ0n) is 18.3. The van der Waals surface area contributed by atoms with Crippen molar-refractivity contribution in [3.63, 3.8) is 0 Å². The van der Waals surface area contributed by atoms with E-state index in [2.05, 4.69) is 41.6 Å². The Morgan fingerprint density at radius 2 is 1.70 bits per heavy atom. The Labute approximate surface area is 182 Å². The molecule has 6 nitrogen and oxygen atoms in total. The molecule has 7 heteroatoms. The second kappa shape index (κ2) is 8.19. The quantitative estimate of drug-likeness (QED) is 0.609. The molecule has 0 fully saturated rings. The average molecular weight is 426 g/mol. The molecule has 0 radical (unpaired) electrons. The Bertz CT molecular complexity index is 1050. The number of tetrazole rings is 1. The van der Waals surface area contributed by atoms with Gasteiger partial charge in [0, 0.05) is 21.5 Å². The van der Waals surface area contributed by atoms with E-state index in [0.717, 1.165) is 29.1 Å². The van der Waals surface area contributed by atoms with Crippen LogP contribution in [0.1, 0.15) is 64.1 Å². The Kier molecular flexibility index (Phi) is 5.99. The highest BCUT2D eigenvalue weighted by Gasteiger charge is 2.24. The van der Waals surface area contributed by atoms with E-state index in [4.69, 9.17) is 11.6 Å². The number of nitrogens with zero attached hydrogens (tertiary/aromatic N) is 4. The maximum absolute atomic E-state index is 13.1. The molecule has 2 aromatic carbocycles. The van der Waals surface area contributed by atoms with Gasteiger partial charge in [0.1, 0.15) is 0 Å². The zero-order valence-corrected chi connectivity index (χ0v) is 19.1. The topological polar surface area (TPSA) is 72.7 Å². The van der Waals surface area contributed by atoms with Gasteiger partial charge in [-0.1, -0.05) is 51.4 Å². The summed E-state index contributed by atoms with van der Waals surface area (Å²) >= 11 is 6.06. The van der Waals surface area contributed by atoms with Gasteiger partial charge >= 0.3 is 0 Å². The minimum atomic E-state index is -0.307. The normalized spacial score (nSPS) is 12.1. The summed E-state index contributed by atoms with van der Waals surface area (Å²) < 4.78 is 1.70. The minimum Gasteiger partial charge on any atom is -0.347 e. The summed E-state index contributed by atoms with van der Waals surface area (Å²) in [6.45, 7) is 12.2. The predicted octanol–water partition coefficient (Wildman–Crippen LogP) is 5.20. The van der Waals surface area contributed by atoms with Crippen molar-refractivity contribution in [3.8, 4) is 16.8 Å². The van der Waals surface area contributed by atoms with Gasteiger partial charge in [-0.05, 0) is 72.2 Å². The first kappa shape index (κ1) is 22.0. The van der Waals surface area contributed by atoms with E-state index < -0.39 is 0 Å². The lowest BCUT2D eigenvalue weighted by Crippen LogP contribution is -2.42. The van der Waals surface area contributed by atoms with Crippen molar-refractivity contribution in [3.05, 3.63) is 58.9 Å². The summed E-state index contributed by atoms with van der Waals surface area (Å²) in [7, 11) is 0. The number of amides is 1. The van der Waals surface area contributed by atoms with E-state index in [-0.39, 0.29) is 16.9 Å². The molecule has 0 aliphatic carbocycles. The summed E-state index contributed by atoms with van der Waals surface area (Å²) in [4.78, 5) is 13.1. The van der Waals surface area contributed by atoms with Crippen LogP contribution < -0.4 is 5.32 Å². The first-order valence-corrected chi connectivity index (χ1v) is 10.4. The average Bonchev–Trinajstić information content (AvgIpc) is 3.18. The molecule has 0 aliphatic rings. The fraction of sp³-hybridized carbons (Fsp3) is 0.391.